The van der Waals surface area contributed by atoms with Gasteiger partial charge in [0.25, 0.3) is 0 Å². The quantitative estimate of drug-likeness (QED) is 0.552. The zero-order valence-electron chi connectivity index (χ0n) is 4.65. The van der Waals surface area contributed by atoms with E-state index < -0.39 is 12.0 Å². The number of hydrogen-bond donors (Lipinski definition) is 1. The van der Waals surface area contributed by atoms with E-state index in [4.69, 9.17) is 5.11 Å². The fraction of sp³-hybridized carbons (Fsp3) is 0.750. The topological polar surface area (TPSA) is 71.2 Å². The maximum Gasteiger partial charge on any atom is 0.330 e. The smallest absolute Gasteiger partial charge is 0.330 e. The molecular formula is C4H6N2O3. The van der Waals surface area contributed by atoms with Crippen LogP contribution in [0, 0.1) is 0 Å². The van der Waals surface area contributed by atoms with Gasteiger partial charge in [-0.25, -0.2) is 4.79 Å². The Hall–Kier alpha value is -1.13. The molecule has 1 rings (SSSR count). The highest BCUT2D eigenvalue weighted by molar-refractivity contribution is 5.73. The minimum Gasteiger partial charge on any atom is -0.480 e. The van der Waals surface area contributed by atoms with Crippen molar-refractivity contribution >= 4 is 5.97 Å². The Morgan fingerprint density at radius 1 is 1.78 bits per heavy atom. The van der Waals surface area contributed by atoms with Crippen molar-refractivity contribution in [3.63, 3.8) is 0 Å². The summed E-state index contributed by atoms with van der Waals surface area (Å²) in [7, 11) is 0. The lowest BCUT2D eigenvalue weighted by molar-refractivity contribution is -0.140. The average molecular weight is 130 g/mol. The van der Waals surface area contributed by atoms with Gasteiger partial charge in [0.05, 0.1) is 0 Å². The zero-order chi connectivity index (χ0) is 6.69. The third-order valence-electron chi connectivity index (χ3n) is 1.01. The Balaban J connectivity index is 2.50. The molecule has 0 aliphatic carbocycles. The molecular weight excluding hydrogens is 124 g/mol. The third kappa shape index (κ3) is 1.38. The SMILES string of the molecule is O=C(O)[C@H]1CCON=N1. The van der Waals surface area contributed by atoms with E-state index >= 15 is 0 Å². The van der Waals surface area contributed by atoms with Crippen LogP contribution in [0.1, 0.15) is 6.42 Å². The fourth-order valence-corrected chi connectivity index (χ4v) is 0.526. The largest absolute Gasteiger partial charge is 0.480 e. The van der Waals surface area contributed by atoms with Crippen molar-refractivity contribution < 1.29 is 14.7 Å². The summed E-state index contributed by atoms with van der Waals surface area (Å²) >= 11 is 0. The summed E-state index contributed by atoms with van der Waals surface area (Å²) in [6.07, 6.45) is 0.416. The molecule has 1 atom stereocenters. The average Bonchev–Trinajstić information content (AvgIpc) is 1.90. The molecule has 0 bridgehead atoms. The number of carbonyl (C=O) groups is 1. The van der Waals surface area contributed by atoms with Crippen molar-refractivity contribution in [2.45, 2.75) is 12.5 Å². The molecule has 9 heavy (non-hydrogen) atoms. The van der Waals surface area contributed by atoms with Crippen LogP contribution in [0.5, 0.6) is 0 Å². The minimum atomic E-state index is -0.943. The summed E-state index contributed by atoms with van der Waals surface area (Å²) < 4.78 is 0. The lowest BCUT2D eigenvalue weighted by Gasteiger charge is -2.08. The molecule has 0 saturated heterocycles. The molecule has 0 aromatic rings. The van der Waals surface area contributed by atoms with Gasteiger partial charge in [-0.3, -0.25) is 0 Å². The Morgan fingerprint density at radius 3 is 2.89 bits per heavy atom. The van der Waals surface area contributed by atoms with Crippen molar-refractivity contribution in [2.75, 3.05) is 6.61 Å². The van der Waals surface area contributed by atoms with Crippen molar-refractivity contribution in [3.8, 4) is 0 Å². The second-order valence-electron chi connectivity index (χ2n) is 1.67. The van der Waals surface area contributed by atoms with Crippen LogP contribution in [-0.2, 0) is 9.63 Å². The van der Waals surface area contributed by atoms with Crippen molar-refractivity contribution in [3.05, 3.63) is 0 Å². The number of hydrogen-bond acceptors (Lipinski definition) is 4. The summed E-state index contributed by atoms with van der Waals surface area (Å²) in [4.78, 5) is 14.6. The summed E-state index contributed by atoms with van der Waals surface area (Å²) in [5, 5.41) is 14.8. The lowest BCUT2D eigenvalue weighted by atomic mass is 10.2. The molecule has 0 spiro atoms. The number of nitrogens with zero attached hydrogens (tertiary/aromatic N) is 2. The van der Waals surface area contributed by atoms with Gasteiger partial charge in [-0.1, -0.05) is 0 Å². The first-order valence-electron chi connectivity index (χ1n) is 2.55. The first kappa shape index (κ1) is 6.00. The molecule has 0 radical (unpaired) electrons. The third-order valence-corrected chi connectivity index (χ3v) is 1.01. The molecule has 1 aliphatic heterocycles. The maximum absolute atomic E-state index is 10.1. The van der Waals surface area contributed by atoms with E-state index in [1.165, 1.54) is 0 Å². The molecule has 0 fully saturated rings. The van der Waals surface area contributed by atoms with Gasteiger partial charge in [0.2, 0.25) is 0 Å². The molecule has 1 N–H and O–H groups in total. The van der Waals surface area contributed by atoms with Crippen molar-refractivity contribution in [2.24, 2.45) is 10.4 Å². The van der Waals surface area contributed by atoms with E-state index in [1.807, 2.05) is 0 Å². The van der Waals surface area contributed by atoms with Crippen LogP contribution in [0.3, 0.4) is 0 Å². The van der Waals surface area contributed by atoms with E-state index in [2.05, 4.69) is 15.2 Å². The normalized spacial score (nSPS) is 25.1. The molecule has 50 valence electrons. The minimum absolute atomic E-state index is 0.348. The van der Waals surface area contributed by atoms with E-state index in [0.717, 1.165) is 0 Å². The summed E-state index contributed by atoms with van der Waals surface area (Å²) in [6, 6.07) is -0.696. The Labute approximate surface area is 51.3 Å². The van der Waals surface area contributed by atoms with Crippen LogP contribution in [-0.4, -0.2) is 23.7 Å². The van der Waals surface area contributed by atoms with Gasteiger partial charge in [-0.2, -0.15) is 0 Å². The highest BCUT2D eigenvalue weighted by Gasteiger charge is 2.18. The van der Waals surface area contributed by atoms with E-state index in [0.29, 0.717) is 13.0 Å². The van der Waals surface area contributed by atoms with Crippen molar-refractivity contribution in [1.29, 1.82) is 0 Å². The zero-order valence-corrected chi connectivity index (χ0v) is 4.65. The van der Waals surface area contributed by atoms with Gasteiger partial charge in [-0.15, -0.1) is 5.11 Å². The van der Waals surface area contributed by atoms with Crippen LogP contribution in [0.4, 0.5) is 0 Å². The molecule has 0 unspecified atom stereocenters. The second kappa shape index (κ2) is 2.43. The lowest BCUT2D eigenvalue weighted by Crippen LogP contribution is -2.21. The van der Waals surface area contributed by atoms with Crippen LogP contribution in [0.2, 0.25) is 0 Å². The Bertz CT molecular complexity index is 145. The number of carboxylic acids is 1. The Kier molecular flexibility index (Phi) is 1.62. The van der Waals surface area contributed by atoms with Crippen molar-refractivity contribution in [1.82, 2.24) is 0 Å². The second-order valence-corrected chi connectivity index (χ2v) is 1.67. The van der Waals surface area contributed by atoms with E-state index in [1.54, 1.807) is 0 Å². The molecule has 1 heterocycles. The summed E-state index contributed by atoms with van der Waals surface area (Å²) in [6.45, 7) is 0.348. The first-order valence-corrected chi connectivity index (χ1v) is 2.55. The van der Waals surface area contributed by atoms with Gasteiger partial charge < -0.3 is 9.94 Å². The fourth-order valence-electron chi connectivity index (χ4n) is 0.526. The van der Waals surface area contributed by atoms with E-state index in [-0.39, 0.29) is 0 Å². The highest BCUT2D eigenvalue weighted by atomic mass is 16.6. The van der Waals surface area contributed by atoms with Gasteiger partial charge in [0.15, 0.2) is 6.04 Å². The predicted octanol–water partition coefficient (Wildman–Crippen LogP) is 0.227. The molecule has 1 aliphatic rings. The van der Waals surface area contributed by atoms with Gasteiger partial charge in [-0.05, 0) is 0 Å². The summed E-state index contributed by atoms with van der Waals surface area (Å²) in [5.41, 5.74) is 0. The molecule has 5 heteroatoms. The van der Waals surface area contributed by atoms with Crippen LogP contribution in [0.25, 0.3) is 0 Å². The predicted molar refractivity (Wildman–Crippen MR) is 26.8 cm³/mol. The molecule has 0 aromatic carbocycles. The number of rotatable bonds is 1. The van der Waals surface area contributed by atoms with Gasteiger partial charge in [0, 0.05) is 11.7 Å². The van der Waals surface area contributed by atoms with E-state index in [9.17, 15) is 4.79 Å². The maximum atomic E-state index is 10.1. The van der Waals surface area contributed by atoms with Crippen LogP contribution in [0.15, 0.2) is 10.4 Å². The monoisotopic (exact) mass is 130 g/mol. The number of aliphatic carboxylic acids is 1. The number of carboxylic acid groups (broad SMARTS) is 1. The first-order chi connectivity index (χ1) is 4.30. The van der Waals surface area contributed by atoms with Crippen LogP contribution < -0.4 is 0 Å². The molecule has 5 nitrogen and oxygen atoms in total. The summed E-state index contributed by atoms with van der Waals surface area (Å²) in [5.74, 6) is -0.943. The van der Waals surface area contributed by atoms with Gasteiger partial charge >= 0.3 is 5.97 Å². The van der Waals surface area contributed by atoms with Gasteiger partial charge in [0.1, 0.15) is 6.61 Å². The Morgan fingerprint density at radius 2 is 2.56 bits per heavy atom. The molecule has 0 aromatic heterocycles. The molecule has 0 saturated carbocycles. The molecule has 0 amide bonds. The van der Waals surface area contributed by atoms with Crippen LogP contribution >= 0.6 is 0 Å². The highest BCUT2D eigenvalue weighted by Crippen LogP contribution is 2.05. The standard InChI is InChI=1S/C4H6N2O3/c7-4(8)3-1-2-9-6-5-3/h3H,1-2H2,(H,7,8)/t3-/m1/s1.